The number of rotatable bonds is 7. The van der Waals surface area contributed by atoms with E-state index in [1.165, 1.54) is 0 Å². The average Bonchev–Trinajstić information content (AvgIpc) is 2.10. The van der Waals surface area contributed by atoms with Gasteiger partial charge in [0.15, 0.2) is 6.29 Å². The third-order valence-corrected chi connectivity index (χ3v) is 1.51. The smallest absolute Gasteiger partial charge is 0.155 e. The molecule has 72 valence electrons. The van der Waals surface area contributed by atoms with Crippen molar-refractivity contribution in [2.45, 2.75) is 19.3 Å². The number of aliphatic hydroxyl groups excluding tert-OH is 1. The molecule has 3 nitrogen and oxygen atoms in total. The molecule has 0 aromatic carbocycles. The first-order chi connectivity index (χ1) is 5.70. The van der Waals surface area contributed by atoms with Crippen LogP contribution in [0.5, 0.6) is 0 Å². The summed E-state index contributed by atoms with van der Waals surface area (Å²) in [5, 5.41) is 9.00. The van der Waals surface area contributed by atoms with Crippen LogP contribution >= 0.6 is 11.6 Å². The summed E-state index contributed by atoms with van der Waals surface area (Å²) in [5.41, 5.74) is 0. The highest BCUT2D eigenvalue weighted by Crippen LogP contribution is 1.96. The van der Waals surface area contributed by atoms with Gasteiger partial charge in [-0.2, -0.15) is 0 Å². The van der Waals surface area contributed by atoms with E-state index in [0.717, 1.165) is 0 Å². The molecule has 0 aliphatic carbocycles. The zero-order chi connectivity index (χ0) is 9.40. The summed E-state index contributed by atoms with van der Waals surface area (Å²) in [6.07, 6.45) is 0.681. The molecule has 0 saturated heterocycles. The van der Waals surface area contributed by atoms with Gasteiger partial charge >= 0.3 is 0 Å². The molecule has 0 rings (SSSR count). The summed E-state index contributed by atoms with van der Waals surface area (Å²) < 4.78 is 10.2. The van der Waals surface area contributed by atoms with Crippen LogP contribution in [0.1, 0.15) is 6.92 Å². The average molecular weight is 195 g/mol. The second kappa shape index (κ2) is 7.55. The highest BCUT2D eigenvalue weighted by molar-refractivity contribution is 6.18. The minimum atomic E-state index is -0.624. The van der Waals surface area contributed by atoms with E-state index in [2.05, 4.69) is 6.58 Å². The number of alkyl halides is 1. The van der Waals surface area contributed by atoms with Crippen LogP contribution < -0.4 is 0 Å². The summed E-state index contributed by atoms with van der Waals surface area (Å²) in [5.74, 6) is 0.175. The van der Waals surface area contributed by atoms with Crippen molar-refractivity contribution in [2.24, 2.45) is 0 Å². The molecule has 0 saturated carbocycles. The lowest BCUT2D eigenvalue weighted by molar-refractivity contribution is -0.137. The van der Waals surface area contributed by atoms with E-state index in [-0.39, 0.29) is 18.8 Å². The Kier molecular flexibility index (Phi) is 7.50. The molecule has 0 radical (unpaired) electrons. The molecular weight excluding hydrogens is 180 g/mol. The van der Waals surface area contributed by atoms with Crippen LogP contribution in [0.3, 0.4) is 0 Å². The summed E-state index contributed by atoms with van der Waals surface area (Å²) >= 11 is 5.35. The van der Waals surface area contributed by atoms with Gasteiger partial charge in [-0.05, 0) is 6.92 Å². The predicted molar refractivity (Wildman–Crippen MR) is 48.3 cm³/mol. The zero-order valence-electron chi connectivity index (χ0n) is 7.20. The molecular formula is C8H15ClO3. The minimum Gasteiger partial charge on any atom is -0.389 e. The van der Waals surface area contributed by atoms with Gasteiger partial charge in [-0.3, -0.25) is 0 Å². The van der Waals surface area contributed by atoms with Crippen molar-refractivity contribution in [3.05, 3.63) is 12.7 Å². The van der Waals surface area contributed by atoms with Crippen molar-refractivity contribution in [1.82, 2.24) is 0 Å². The monoisotopic (exact) mass is 194 g/mol. The van der Waals surface area contributed by atoms with E-state index >= 15 is 0 Å². The lowest BCUT2D eigenvalue weighted by Gasteiger charge is -2.14. The van der Waals surface area contributed by atoms with Gasteiger partial charge in [-0.1, -0.05) is 6.08 Å². The Hall–Kier alpha value is -0.0900. The van der Waals surface area contributed by atoms with Gasteiger partial charge in [-0.15, -0.1) is 18.2 Å². The molecule has 4 heteroatoms. The zero-order valence-corrected chi connectivity index (χ0v) is 7.96. The van der Waals surface area contributed by atoms with Gasteiger partial charge in [0.1, 0.15) is 0 Å². The SMILES string of the molecule is C=CCOC(C)OCC(O)CCl. The van der Waals surface area contributed by atoms with Gasteiger partial charge in [-0.25, -0.2) is 0 Å². The highest BCUT2D eigenvalue weighted by Gasteiger charge is 2.05. The van der Waals surface area contributed by atoms with Crippen LogP contribution in [0.15, 0.2) is 12.7 Å². The van der Waals surface area contributed by atoms with E-state index in [1.807, 2.05) is 0 Å². The Labute approximate surface area is 77.9 Å². The maximum absolute atomic E-state index is 9.00. The topological polar surface area (TPSA) is 38.7 Å². The highest BCUT2D eigenvalue weighted by atomic mass is 35.5. The Bertz CT molecular complexity index is 119. The van der Waals surface area contributed by atoms with Crippen LogP contribution in [0.2, 0.25) is 0 Å². The second-order valence-electron chi connectivity index (χ2n) is 2.33. The van der Waals surface area contributed by atoms with Crippen molar-refractivity contribution in [3.63, 3.8) is 0 Å². The van der Waals surface area contributed by atoms with Gasteiger partial charge < -0.3 is 14.6 Å². The number of ether oxygens (including phenoxy) is 2. The Morgan fingerprint density at radius 1 is 1.58 bits per heavy atom. The molecule has 12 heavy (non-hydrogen) atoms. The Balaban J connectivity index is 3.29. The van der Waals surface area contributed by atoms with Crippen molar-refractivity contribution in [2.75, 3.05) is 19.1 Å². The van der Waals surface area contributed by atoms with E-state index in [0.29, 0.717) is 6.61 Å². The first kappa shape index (κ1) is 11.9. The maximum Gasteiger partial charge on any atom is 0.155 e. The Morgan fingerprint density at radius 2 is 2.25 bits per heavy atom. The third kappa shape index (κ3) is 6.61. The van der Waals surface area contributed by atoms with E-state index < -0.39 is 6.10 Å². The summed E-state index contributed by atoms with van der Waals surface area (Å²) in [6.45, 7) is 5.89. The fraction of sp³-hybridized carbons (Fsp3) is 0.750. The van der Waals surface area contributed by atoms with Crippen molar-refractivity contribution in [3.8, 4) is 0 Å². The molecule has 0 aliphatic rings. The molecule has 0 heterocycles. The summed E-state index contributed by atoms with van der Waals surface area (Å²) in [7, 11) is 0. The lowest BCUT2D eigenvalue weighted by Crippen LogP contribution is -2.22. The molecule has 0 aromatic heterocycles. The number of halogens is 1. The fourth-order valence-corrected chi connectivity index (χ4v) is 0.632. The van der Waals surface area contributed by atoms with E-state index in [9.17, 15) is 0 Å². The first-order valence-electron chi connectivity index (χ1n) is 3.78. The van der Waals surface area contributed by atoms with Crippen molar-refractivity contribution < 1.29 is 14.6 Å². The number of hydrogen-bond acceptors (Lipinski definition) is 3. The van der Waals surface area contributed by atoms with Gasteiger partial charge in [0.25, 0.3) is 0 Å². The molecule has 0 fully saturated rings. The predicted octanol–water partition coefficient (Wildman–Crippen LogP) is 1.15. The normalized spacial score (nSPS) is 15.6. The first-order valence-corrected chi connectivity index (χ1v) is 4.32. The number of aliphatic hydroxyl groups is 1. The summed E-state index contributed by atoms with van der Waals surface area (Å²) in [6, 6.07) is 0. The van der Waals surface area contributed by atoms with Crippen LogP contribution in [0, 0.1) is 0 Å². The quantitative estimate of drug-likeness (QED) is 0.376. The third-order valence-electron chi connectivity index (χ3n) is 1.15. The maximum atomic E-state index is 9.00. The molecule has 0 bridgehead atoms. The fourth-order valence-electron chi connectivity index (χ4n) is 0.543. The molecule has 2 unspecified atom stereocenters. The molecule has 0 aliphatic heterocycles. The van der Waals surface area contributed by atoms with Crippen LogP contribution in [-0.4, -0.2) is 36.6 Å². The molecule has 0 amide bonds. The van der Waals surface area contributed by atoms with Crippen molar-refractivity contribution in [1.29, 1.82) is 0 Å². The molecule has 2 atom stereocenters. The van der Waals surface area contributed by atoms with Gasteiger partial charge in [0, 0.05) is 0 Å². The minimum absolute atomic E-state index is 0.175. The van der Waals surface area contributed by atoms with Crippen LogP contribution in [0.4, 0.5) is 0 Å². The van der Waals surface area contributed by atoms with Crippen molar-refractivity contribution >= 4 is 11.6 Å². The summed E-state index contributed by atoms with van der Waals surface area (Å²) in [4.78, 5) is 0. The largest absolute Gasteiger partial charge is 0.389 e. The Morgan fingerprint density at radius 3 is 2.75 bits per heavy atom. The van der Waals surface area contributed by atoms with Crippen LogP contribution in [0.25, 0.3) is 0 Å². The van der Waals surface area contributed by atoms with Crippen LogP contribution in [-0.2, 0) is 9.47 Å². The molecule has 1 N–H and O–H groups in total. The second-order valence-corrected chi connectivity index (χ2v) is 2.64. The standard InChI is InChI=1S/C8H15ClO3/c1-3-4-11-7(2)12-6-8(10)5-9/h3,7-8,10H,1,4-6H2,2H3. The molecule has 0 aromatic rings. The van der Waals surface area contributed by atoms with E-state index in [4.69, 9.17) is 26.2 Å². The van der Waals surface area contributed by atoms with Gasteiger partial charge in [0.2, 0.25) is 0 Å². The number of hydrogen-bond donors (Lipinski definition) is 1. The lowest BCUT2D eigenvalue weighted by atomic mass is 10.4. The van der Waals surface area contributed by atoms with E-state index in [1.54, 1.807) is 13.0 Å². The van der Waals surface area contributed by atoms with Gasteiger partial charge in [0.05, 0.1) is 25.2 Å². The molecule has 0 spiro atoms.